The van der Waals surface area contributed by atoms with Crippen molar-refractivity contribution in [3.63, 3.8) is 0 Å². The summed E-state index contributed by atoms with van der Waals surface area (Å²) >= 11 is 0. The molecule has 0 atom stereocenters. The fourth-order valence-electron chi connectivity index (χ4n) is 2.40. The summed E-state index contributed by atoms with van der Waals surface area (Å²) in [5.74, 6) is 0.880. The molecule has 0 aliphatic rings. The highest BCUT2D eigenvalue weighted by Gasteiger charge is 2.08. The van der Waals surface area contributed by atoms with Gasteiger partial charge in [0, 0.05) is 12.2 Å². The first-order valence-corrected chi connectivity index (χ1v) is 7.42. The topological polar surface area (TPSA) is 97.4 Å². The van der Waals surface area contributed by atoms with E-state index >= 15 is 0 Å². The van der Waals surface area contributed by atoms with Gasteiger partial charge in [-0.3, -0.25) is 0 Å². The summed E-state index contributed by atoms with van der Waals surface area (Å²) in [4.78, 5) is 21.3. The van der Waals surface area contributed by atoms with E-state index in [9.17, 15) is 10.1 Å². The molecule has 6 heteroatoms. The Morgan fingerprint density at radius 1 is 1.22 bits per heavy atom. The van der Waals surface area contributed by atoms with E-state index in [-0.39, 0.29) is 5.69 Å². The van der Waals surface area contributed by atoms with Gasteiger partial charge in [0.25, 0.3) is 0 Å². The molecule has 0 radical (unpaired) electrons. The predicted molar refractivity (Wildman–Crippen MR) is 89.3 cm³/mol. The molecule has 1 aromatic carbocycles. The highest BCUT2D eigenvalue weighted by molar-refractivity contribution is 5.75. The van der Waals surface area contributed by atoms with Gasteiger partial charge in [-0.15, -0.1) is 0 Å². The van der Waals surface area contributed by atoms with E-state index in [1.807, 2.05) is 24.3 Å². The Hall–Kier alpha value is -3.07. The van der Waals surface area contributed by atoms with Crippen LogP contribution < -0.4 is 11.0 Å². The van der Waals surface area contributed by atoms with Crippen LogP contribution in [0.4, 0.5) is 5.82 Å². The summed E-state index contributed by atoms with van der Waals surface area (Å²) in [6.45, 7) is 4.65. The van der Waals surface area contributed by atoms with Crippen molar-refractivity contribution in [2.75, 3.05) is 5.32 Å². The first-order valence-electron chi connectivity index (χ1n) is 7.42. The summed E-state index contributed by atoms with van der Waals surface area (Å²) in [5, 5.41) is 12.4. The lowest BCUT2D eigenvalue weighted by Crippen LogP contribution is -2.06. The first-order chi connectivity index (χ1) is 11.1. The second kappa shape index (κ2) is 5.97. The second-order valence-electron chi connectivity index (χ2n) is 5.71. The van der Waals surface area contributed by atoms with Gasteiger partial charge in [-0.25, -0.2) is 9.78 Å². The summed E-state index contributed by atoms with van der Waals surface area (Å²) in [7, 11) is 0. The summed E-state index contributed by atoms with van der Waals surface area (Å²) in [5.41, 5.74) is 3.77. The molecule has 0 bridgehead atoms. The molecule has 2 heterocycles. The maximum atomic E-state index is 11.3. The number of fused-ring (bicyclic) bond motifs is 1. The fraction of sp³-hybridized carbons (Fsp3) is 0.235. The number of hydrogen-bond donors (Lipinski definition) is 3. The van der Waals surface area contributed by atoms with Crippen molar-refractivity contribution in [1.82, 2.24) is 15.0 Å². The van der Waals surface area contributed by atoms with Crippen molar-refractivity contribution in [3.8, 4) is 6.07 Å². The third-order valence-electron chi connectivity index (χ3n) is 3.67. The maximum Gasteiger partial charge on any atom is 0.323 e. The predicted octanol–water partition coefficient (Wildman–Crippen LogP) is 2.86. The lowest BCUT2D eigenvalue weighted by Gasteiger charge is -2.11. The van der Waals surface area contributed by atoms with Crippen LogP contribution in [0.2, 0.25) is 0 Å². The largest absolute Gasteiger partial charge is 0.365 e. The van der Waals surface area contributed by atoms with E-state index in [0.717, 1.165) is 22.3 Å². The van der Waals surface area contributed by atoms with Crippen LogP contribution in [0.15, 0.2) is 35.1 Å². The van der Waals surface area contributed by atoms with Crippen LogP contribution in [0.5, 0.6) is 0 Å². The van der Waals surface area contributed by atoms with Gasteiger partial charge in [0.05, 0.1) is 16.6 Å². The van der Waals surface area contributed by atoms with E-state index in [4.69, 9.17) is 0 Å². The number of benzene rings is 1. The smallest absolute Gasteiger partial charge is 0.323 e. The number of aromatic nitrogens is 3. The van der Waals surface area contributed by atoms with Gasteiger partial charge in [-0.2, -0.15) is 5.26 Å². The van der Waals surface area contributed by atoms with Crippen LogP contribution in [-0.2, 0) is 6.54 Å². The minimum Gasteiger partial charge on any atom is -0.365 e. The molecule has 0 saturated heterocycles. The van der Waals surface area contributed by atoms with Crippen molar-refractivity contribution >= 4 is 16.9 Å². The number of nitrogens with one attached hydrogen (secondary N) is 3. The average Bonchev–Trinajstić information content (AvgIpc) is 2.91. The lowest BCUT2D eigenvalue weighted by molar-refractivity contribution is 0.822. The van der Waals surface area contributed by atoms with E-state index in [2.05, 4.69) is 40.2 Å². The number of aromatic amines is 2. The molecule has 0 saturated carbocycles. The highest BCUT2D eigenvalue weighted by Crippen LogP contribution is 2.19. The number of hydrogen-bond acceptors (Lipinski definition) is 4. The van der Waals surface area contributed by atoms with Gasteiger partial charge in [-0.05, 0) is 35.7 Å². The monoisotopic (exact) mass is 307 g/mol. The normalized spacial score (nSPS) is 10.9. The van der Waals surface area contributed by atoms with Crippen LogP contribution in [-0.4, -0.2) is 15.0 Å². The quantitative estimate of drug-likeness (QED) is 0.690. The molecule has 3 aromatic rings. The molecule has 0 amide bonds. The molecule has 0 spiro atoms. The number of imidazole rings is 1. The fourth-order valence-corrected chi connectivity index (χ4v) is 2.40. The number of H-pyrrole nitrogens is 2. The molecular weight excluding hydrogens is 290 g/mol. The minimum atomic E-state index is -0.219. The molecule has 3 rings (SSSR count). The van der Waals surface area contributed by atoms with Crippen molar-refractivity contribution in [2.45, 2.75) is 26.3 Å². The zero-order chi connectivity index (χ0) is 16.4. The Morgan fingerprint density at radius 2 is 2.00 bits per heavy atom. The van der Waals surface area contributed by atoms with Crippen LogP contribution >= 0.6 is 0 Å². The second-order valence-corrected chi connectivity index (χ2v) is 5.71. The number of pyridine rings is 1. The maximum absolute atomic E-state index is 11.3. The molecule has 116 valence electrons. The van der Waals surface area contributed by atoms with Crippen molar-refractivity contribution in [3.05, 3.63) is 57.6 Å². The zero-order valence-corrected chi connectivity index (χ0v) is 13.0. The third-order valence-corrected chi connectivity index (χ3v) is 3.67. The van der Waals surface area contributed by atoms with Gasteiger partial charge in [-0.1, -0.05) is 19.9 Å². The number of anilines is 1. The van der Waals surface area contributed by atoms with Crippen LogP contribution in [0.3, 0.4) is 0 Å². The number of rotatable bonds is 4. The molecule has 23 heavy (non-hydrogen) atoms. The summed E-state index contributed by atoms with van der Waals surface area (Å²) < 4.78 is 0. The Bertz CT molecular complexity index is 946. The van der Waals surface area contributed by atoms with E-state index < -0.39 is 0 Å². The molecule has 0 aliphatic carbocycles. The molecule has 2 aromatic heterocycles. The Labute approximate surface area is 133 Å². The van der Waals surface area contributed by atoms with Crippen LogP contribution in [0.25, 0.3) is 11.0 Å². The van der Waals surface area contributed by atoms with E-state index in [1.54, 1.807) is 6.07 Å². The molecule has 6 nitrogen and oxygen atoms in total. The number of nitriles is 1. The Morgan fingerprint density at radius 3 is 2.74 bits per heavy atom. The molecule has 0 unspecified atom stereocenters. The molecule has 0 fully saturated rings. The first kappa shape index (κ1) is 14.9. The highest BCUT2D eigenvalue weighted by atomic mass is 16.1. The molecule has 3 N–H and O–H groups in total. The van der Waals surface area contributed by atoms with Crippen LogP contribution in [0.1, 0.15) is 36.6 Å². The summed E-state index contributed by atoms with van der Waals surface area (Å²) in [6, 6.07) is 11.5. The van der Waals surface area contributed by atoms with E-state index in [0.29, 0.717) is 23.8 Å². The van der Waals surface area contributed by atoms with Crippen molar-refractivity contribution < 1.29 is 0 Å². The van der Waals surface area contributed by atoms with Crippen molar-refractivity contribution in [2.24, 2.45) is 0 Å². The average molecular weight is 307 g/mol. The van der Waals surface area contributed by atoms with Crippen molar-refractivity contribution in [1.29, 1.82) is 5.26 Å². The van der Waals surface area contributed by atoms with Gasteiger partial charge >= 0.3 is 5.69 Å². The standard InChI is InChI=1S/C17H17N5O/c1-10(2)13-6-4-12(8-18)16(20-13)19-9-11-3-5-14-15(7-11)22-17(23)21-14/h3-7,10H,9H2,1-2H3,(H,19,20)(H2,21,22,23). The summed E-state index contributed by atoms with van der Waals surface area (Å²) in [6.07, 6.45) is 0. The van der Waals surface area contributed by atoms with E-state index in [1.165, 1.54) is 0 Å². The molecule has 0 aliphatic heterocycles. The Kier molecular flexibility index (Phi) is 3.85. The Balaban J connectivity index is 1.85. The lowest BCUT2D eigenvalue weighted by atomic mass is 10.1. The minimum absolute atomic E-state index is 0.219. The van der Waals surface area contributed by atoms with Gasteiger partial charge in [0.2, 0.25) is 0 Å². The SMILES string of the molecule is CC(C)c1ccc(C#N)c(NCc2ccc3[nH]c(=O)[nH]c3c2)n1. The van der Waals surface area contributed by atoms with Gasteiger partial charge in [0.15, 0.2) is 0 Å². The van der Waals surface area contributed by atoms with Crippen LogP contribution in [0, 0.1) is 11.3 Å². The van der Waals surface area contributed by atoms with Gasteiger partial charge in [0.1, 0.15) is 11.9 Å². The zero-order valence-electron chi connectivity index (χ0n) is 13.0. The molecular formula is C17H17N5O. The number of nitrogens with zero attached hydrogens (tertiary/aromatic N) is 2. The van der Waals surface area contributed by atoms with Gasteiger partial charge < -0.3 is 15.3 Å². The third kappa shape index (κ3) is 3.09.